The quantitative estimate of drug-likeness (QED) is 0.238. The molecule has 0 bridgehead atoms. The van der Waals surface area contributed by atoms with Gasteiger partial charge in [-0.05, 0) is 42.3 Å². The fraction of sp³-hybridized carbons (Fsp3) is 0.138. The van der Waals surface area contributed by atoms with Crippen molar-refractivity contribution in [3.63, 3.8) is 0 Å². The van der Waals surface area contributed by atoms with E-state index < -0.39 is 19.3 Å². The second-order valence-corrected chi connectivity index (χ2v) is 10.7. The molecule has 2 atom stereocenters. The zero-order valence-corrected chi connectivity index (χ0v) is 20.2. The normalized spacial score (nSPS) is 13.3. The Morgan fingerprint density at radius 1 is 0.676 bits per heavy atom. The number of methoxy groups -OCH3 is 1. The third-order valence-electron chi connectivity index (χ3n) is 6.02. The topological polar surface area (TPSA) is 46.6 Å². The van der Waals surface area contributed by atoms with Crippen LogP contribution in [-0.2, 0) is 14.1 Å². The highest BCUT2D eigenvalue weighted by Gasteiger charge is 2.46. The van der Waals surface area contributed by atoms with Crippen LogP contribution in [0.5, 0.6) is 0 Å². The van der Waals surface area contributed by atoms with Gasteiger partial charge in [0.05, 0.1) is 7.11 Å². The van der Waals surface area contributed by atoms with Crippen molar-refractivity contribution in [3.05, 3.63) is 132 Å². The molecule has 0 heterocycles. The molecule has 0 spiro atoms. The summed E-state index contributed by atoms with van der Waals surface area (Å²) in [5.74, 6) is -0.457. The molecule has 4 nitrogen and oxygen atoms in total. The molecule has 0 unspecified atom stereocenters. The fourth-order valence-electron chi connectivity index (χ4n) is 4.33. The molecule has 0 radical (unpaired) electrons. The Hall–Kier alpha value is -3.46. The van der Waals surface area contributed by atoms with Gasteiger partial charge in [0, 0.05) is 16.7 Å². The van der Waals surface area contributed by atoms with Crippen LogP contribution in [-0.4, -0.2) is 17.7 Å². The summed E-state index contributed by atoms with van der Waals surface area (Å²) in [7, 11) is -2.14. The van der Waals surface area contributed by atoms with Crippen LogP contribution in [0.3, 0.4) is 0 Å². The Kier molecular flexibility index (Phi) is 7.42. The molecule has 0 amide bonds. The summed E-state index contributed by atoms with van der Waals surface area (Å²) in [6.45, 7) is 1.99. The lowest BCUT2D eigenvalue weighted by Crippen LogP contribution is -2.40. The standard InChI is InChI=1S/C29H28NO3P/c1-23(24-15-7-3-8-16-24)30(28(29(31)33-2)25-17-9-4-10-18-25)34(32,26-19-11-5-12-20-26)27-21-13-6-14-22-27/h3-23,28H,1-2H3/t23-,28-/m0/s1. The van der Waals surface area contributed by atoms with Gasteiger partial charge in [0.2, 0.25) is 7.29 Å². The number of rotatable bonds is 8. The molecule has 0 aromatic heterocycles. The smallest absolute Gasteiger partial charge is 0.328 e. The summed E-state index contributed by atoms with van der Waals surface area (Å²) in [5.41, 5.74) is 1.68. The van der Waals surface area contributed by atoms with E-state index in [-0.39, 0.29) is 6.04 Å². The van der Waals surface area contributed by atoms with Crippen molar-refractivity contribution in [2.45, 2.75) is 19.0 Å². The van der Waals surface area contributed by atoms with Crippen LogP contribution >= 0.6 is 7.29 Å². The average Bonchev–Trinajstić information content (AvgIpc) is 2.92. The van der Waals surface area contributed by atoms with Crippen molar-refractivity contribution in [2.75, 3.05) is 7.11 Å². The lowest BCUT2D eigenvalue weighted by atomic mass is 10.0. The zero-order chi connectivity index (χ0) is 24.0. The Bertz CT molecular complexity index is 1200. The van der Waals surface area contributed by atoms with E-state index in [2.05, 4.69) is 0 Å². The molecule has 0 saturated carbocycles. The summed E-state index contributed by atoms with van der Waals surface area (Å²) in [6.07, 6.45) is 0. The maximum atomic E-state index is 15.5. The van der Waals surface area contributed by atoms with Gasteiger partial charge in [-0.25, -0.2) is 9.46 Å². The number of esters is 1. The molecule has 0 N–H and O–H groups in total. The van der Waals surface area contributed by atoms with Crippen molar-refractivity contribution >= 4 is 23.9 Å². The van der Waals surface area contributed by atoms with E-state index in [0.717, 1.165) is 11.1 Å². The molecule has 5 heteroatoms. The average molecular weight is 470 g/mol. The molecule has 0 fully saturated rings. The summed E-state index contributed by atoms with van der Waals surface area (Å²) in [4.78, 5) is 13.4. The molecular weight excluding hydrogens is 441 g/mol. The van der Waals surface area contributed by atoms with Gasteiger partial charge in [-0.15, -0.1) is 0 Å². The van der Waals surface area contributed by atoms with Crippen LogP contribution in [0.2, 0.25) is 0 Å². The van der Waals surface area contributed by atoms with E-state index in [0.29, 0.717) is 10.6 Å². The molecular formula is C29H28NO3P. The molecule has 4 aromatic rings. The fourth-order valence-corrected chi connectivity index (χ4v) is 7.49. The first-order valence-corrected chi connectivity index (χ1v) is 12.9. The number of ether oxygens (including phenoxy) is 1. The second-order valence-electron chi connectivity index (χ2n) is 8.05. The molecule has 172 valence electrons. The third-order valence-corrected chi connectivity index (χ3v) is 9.24. The molecule has 0 aliphatic carbocycles. The second kappa shape index (κ2) is 10.6. The van der Waals surface area contributed by atoms with Gasteiger partial charge in [0.25, 0.3) is 0 Å². The summed E-state index contributed by atoms with van der Waals surface area (Å²) in [5, 5.41) is 1.32. The van der Waals surface area contributed by atoms with Crippen molar-refractivity contribution in [1.82, 2.24) is 4.67 Å². The van der Waals surface area contributed by atoms with Crippen LogP contribution in [0.4, 0.5) is 0 Å². The van der Waals surface area contributed by atoms with E-state index in [9.17, 15) is 4.79 Å². The molecule has 0 aliphatic heterocycles. The summed E-state index contributed by atoms with van der Waals surface area (Å²) < 4.78 is 22.6. The summed E-state index contributed by atoms with van der Waals surface area (Å²) in [6, 6.07) is 36.8. The number of nitrogens with zero attached hydrogens (tertiary/aromatic N) is 1. The highest BCUT2D eigenvalue weighted by atomic mass is 31.2. The molecule has 4 rings (SSSR count). The minimum atomic E-state index is -3.51. The van der Waals surface area contributed by atoms with E-state index in [1.165, 1.54) is 7.11 Å². The van der Waals surface area contributed by atoms with Crippen molar-refractivity contribution in [2.24, 2.45) is 0 Å². The lowest BCUT2D eigenvalue weighted by Gasteiger charge is -2.41. The lowest BCUT2D eigenvalue weighted by molar-refractivity contribution is -0.146. The number of carbonyl (C=O) groups excluding carboxylic acids is 1. The van der Waals surface area contributed by atoms with Crippen LogP contribution in [0, 0.1) is 0 Å². The maximum Gasteiger partial charge on any atom is 0.328 e. The minimum Gasteiger partial charge on any atom is -0.468 e. The van der Waals surface area contributed by atoms with Gasteiger partial charge < -0.3 is 4.74 Å². The first kappa shape index (κ1) is 23.7. The van der Waals surface area contributed by atoms with Gasteiger partial charge in [-0.1, -0.05) is 97.1 Å². The molecule has 0 aliphatic rings. The Morgan fingerprint density at radius 2 is 1.06 bits per heavy atom. The minimum absolute atomic E-state index is 0.364. The van der Waals surface area contributed by atoms with E-state index in [1.54, 1.807) is 0 Å². The van der Waals surface area contributed by atoms with Gasteiger partial charge in [-0.2, -0.15) is 0 Å². The van der Waals surface area contributed by atoms with Crippen LogP contribution in [0.15, 0.2) is 121 Å². The Morgan fingerprint density at radius 3 is 1.47 bits per heavy atom. The molecule has 34 heavy (non-hydrogen) atoms. The highest BCUT2D eigenvalue weighted by Crippen LogP contribution is 2.56. The Labute approximate surface area is 201 Å². The number of hydrogen-bond donors (Lipinski definition) is 0. The van der Waals surface area contributed by atoms with E-state index in [4.69, 9.17) is 4.74 Å². The van der Waals surface area contributed by atoms with Gasteiger partial charge in [0.15, 0.2) is 0 Å². The molecule has 4 aromatic carbocycles. The van der Waals surface area contributed by atoms with Crippen molar-refractivity contribution in [3.8, 4) is 0 Å². The highest BCUT2D eigenvalue weighted by molar-refractivity contribution is 7.76. The van der Waals surface area contributed by atoms with Gasteiger partial charge in [0.1, 0.15) is 6.04 Å². The largest absolute Gasteiger partial charge is 0.468 e. The van der Waals surface area contributed by atoms with Gasteiger partial charge >= 0.3 is 5.97 Å². The van der Waals surface area contributed by atoms with E-state index >= 15 is 4.57 Å². The van der Waals surface area contributed by atoms with Crippen molar-refractivity contribution in [1.29, 1.82) is 0 Å². The predicted molar refractivity (Wildman–Crippen MR) is 138 cm³/mol. The number of benzene rings is 4. The first-order valence-electron chi connectivity index (χ1n) is 11.2. The molecule has 0 saturated heterocycles. The van der Waals surface area contributed by atoms with Crippen molar-refractivity contribution < 1.29 is 14.1 Å². The first-order chi connectivity index (χ1) is 16.6. The van der Waals surface area contributed by atoms with E-state index in [1.807, 2.05) is 133 Å². The zero-order valence-electron chi connectivity index (χ0n) is 19.3. The summed E-state index contributed by atoms with van der Waals surface area (Å²) >= 11 is 0. The predicted octanol–water partition coefficient (Wildman–Crippen LogP) is 5.89. The van der Waals surface area contributed by atoms with Crippen LogP contribution < -0.4 is 10.6 Å². The SMILES string of the molecule is COC(=O)[C@H](c1ccccc1)N([C@@H](C)c1ccccc1)P(=O)(c1ccccc1)c1ccccc1. The Balaban J connectivity index is 2.04. The van der Waals surface area contributed by atoms with Crippen LogP contribution in [0.1, 0.15) is 30.1 Å². The monoisotopic (exact) mass is 469 g/mol. The van der Waals surface area contributed by atoms with Gasteiger partial charge in [-0.3, -0.25) is 4.57 Å². The van der Waals surface area contributed by atoms with Crippen LogP contribution in [0.25, 0.3) is 0 Å². The number of carbonyl (C=O) groups is 1. The number of hydrogen-bond acceptors (Lipinski definition) is 3. The maximum absolute atomic E-state index is 15.5. The third kappa shape index (κ3) is 4.61.